The molecule has 3 aromatic rings. The van der Waals surface area contributed by atoms with Gasteiger partial charge in [0.1, 0.15) is 16.6 Å². The van der Waals surface area contributed by atoms with Gasteiger partial charge in [0, 0.05) is 11.3 Å². The highest BCUT2D eigenvalue weighted by Crippen LogP contribution is 2.46. The molecule has 1 amide bonds. The fourth-order valence-corrected chi connectivity index (χ4v) is 4.16. The first-order valence-corrected chi connectivity index (χ1v) is 10.5. The Bertz CT molecular complexity index is 1070. The summed E-state index contributed by atoms with van der Waals surface area (Å²) >= 11 is 7.73. The van der Waals surface area contributed by atoms with E-state index < -0.39 is 24.2 Å². The second-order valence-corrected chi connectivity index (χ2v) is 7.84. The number of furan rings is 1. The molecule has 0 bridgehead atoms. The number of nitrogens with zero attached hydrogens (tertiary/aromatic N) is 2. The first kappa shape index (κ1) is 20.7. The SMILES string of the molecule is CSc1ccccc1NC(=O)c1nn2c(c1Cl)N[C@H](c1ccco1)C[C@H]2C(F)(F)F. The minimum absolute atomic E-state index is 0.0741. The lowest BCUT2D eigenvalue weighted by Gasteiger charge is -2.32. The molecule has 0 fully saturated rings. The molecular weight excluding hydrogens is 441 g/mol. The topological polar surface area (TPSA) is 72.1 Å². The fraction of sp³-hybridized carbons (Fsp3) is 0.263. The monoisotopic (exact) mass is 456 g/mol. The maximum Gasteiger partial charge on any atom is 0.410 e. The molecule has 2 atom stereocenters. The van der Waals surface area contributed by atoms with Crippen LogP contribution in [0.5, 0.6) is 0 Å². The number of rotatable bonds is 4. The number of carbonyl (C=O) groups is 1. The molecule has 3 heterocycles. The average Bonchev–Trinajstić information content (AvgIpc) is 3.35. The summed E-state index contributed by atoms with van der Waals surface area (Å²) in [5, 5.41) is 9.33. The van der Waals surface area contributed by atoms with Crippen LogP contribution in [0.1, 0.15) is 34.8 Å². The second-order valence-electron chi connectivity index (χ2n) is 6.62. The number of benzene rings is 1. The van der Waals surface area contributed by atoms with Gasteiger partial charge in [-0.3, -0.25) is 4.79 Å². The van der Waals surface area contributed by atoms with Crippen molar-refractivity contribution >= 4 is 40.8 Å². The number of para-hydroxylation sites is 1. The van der Waals surface area contributed by atoms with Gasteiger partial charge in [-0.25, -0.2) is 4.68 Å². The Hall–Kier alpha value is -2.59. The largest absolute Gasteiger partial charge is 0.467 e. The second kappa shape index (κ2) is 7.92. The van der Waals surface area contributed by atoms with Gasteiger partial charge in [-0.05, 0) is 30.5 Å². The molecule has 1 aliphatic rings. The summed E-state index contributed by atoms with van der Waals surface area (Å²) in [6.07, 6.45) is -1.70. The van der Waals surface area contributed by atoms with E-state index in [2.05, 4.69) is 15.7 Å². The number of thioether (sulfide) groups is 1. The third-order valence-electron chi connectivity index (χ3n) is 4.75. The van der Waals surface area contributed by atoms with Crippen molar-refractivity contribution in [1.29, 1.82) is 0 Å². The van der Waals surface area contributed by atoms with Crippen molar-refractivity contribution in [3.05, 3.63) is 59.1 Å². The molecule has 1 aromatic carbocycles. The average molecular weight is 457 g/mol. The van der Waals surface area contributed by atoms with E-state index in [0.717, 1.165) is 9.58 Å². The summed E-state index contributed by atoms with van der Waals surface area (Å²) in [7, 11) is 0. The van der Waals surface area contributed by atoms with Crippen LogP contribution < -0.4 is 10.6 Å². The van der Waals surface area contributed by atoms with E-state index in [1.807, 2.05) is 18.4 Å². The lowest BCUT2D eigenvalue weighted by atomic mass is 10.0. The van der Waals surface area contributed by atoms with Crippen molar-refractivity contribution in [3.63, 3.8) is 0 Å². The van der Waals surface area contributed by atoms with E-state index in [-0.39, 0.29) is 23.0 Å². The Morgan fingerprint density at radius 3 is 2.77 bits per heavy atom. The predicted molar refractivity (Wildman–Crippen MR) is 108 cm³/mol. The normalized spacial score (nSPS) is 18.6. The fourth-order valence-electron chi connectivity index (χ4n) is 3.34. The third kappa shape index (κ3) is 3.77. The van der Waals surface area contributed by atoms with Gasteiger partial charge in [0.05, 0.1) is 18.0 Å². The number of carbonyl (C=O) groups excluding carboxylic acids is 1. The quantitative estimate of drug-likeness (QED) is 0.488. The molecule has 0 saturated heterocycles. The summed E-state index contributed by atoms with van der Waals surface area (Å²) in [5.41, 5.74) is 0.232. The standard InChI is InChI=1S/C19H16ClF3N4O2S/c1-30-13-7-3-2-5-10(13)25-18(28)16-15(20)17-24-11(12-6-4-8-29-12)9-14(19(21,22)23)27(17)26-16/h2-8,11,14,24H,9H2,1H3,(H,25,28)/t11-,14-/m0/s1. The van der Waals surface area contributed by atoms with Crippen LogP contribution in [-0.2, 0) is 0 Å². The molecule has 0 unspecified atom stereocenters. The smallest absolute Gasteiger partial charge is 0.410 e. The van der Waals surface area contributed by atoms with Crippen LogP contribution in [0.25, 0.3) is 0 Å². The number of hydrogen-bond acceptors (Lipinski definition) is 5. The first-order valence-electron chi connectivity index (χ1n) is 8.88. The van der Waals surface area contributed by atoms with Gasteiger partial charge >= 0.3 is 6.18 Å². The van der Waals surface area contributed by atoms with E-state index in [1.165, 1.54) is 18.0 Å². The number of fused-ring (bicyclic) bond motifs is 1. The number of anilines is 2. The Kier molecular flexibility index (Phi) is 5.46. The van der Waals surface area contributed by atoms with Gasteiger partial charge in [0.15, 0.2) is 11.7 Å². The van der Waals surface area contributed by atoms with Gasteiger partial charge in [-0.2, -0.15) is 18.3 Å². The maximum atomic E-state index is 13.8. The van der Waals surface area contributed by atoms with Gasteiger partial charge < -0.3 is 15.1 Å². The first-order chi connectivity index (χ1) is 14.3. The van der Waals surface area contributed by atoms with E-state index in [1.54, 1.807) is 24.3 Å². The maximum absolute atomic E-state index is 13.8. The summed E-state index contributed by atoms with van der Waals surface area (Å²) in [6.45, 7) is 0. The zero-order chi connectivity index (χ0) is 21.5. The third-order valence-corrected chi connectivity index (χ3v) is 5.91. The van der Waals surface area contributed by atoms with Crippen LogP contribution in [0, 0.1) is 0 Å². The van der Waals surface area contributed by atoms with E-state index in [0.29, 0.717) is 11.4 Å². The van der Waals surface area contributed by atoms with Gasteiger partial charge in [-0.1, -0.05) is 23.7 Å². The molecule has 2 aromatic heterocycles. The Balaban J connectivity index is 1.70. The highest BCUT2D eigenvalue weighted by atomic mass is 35.5. The zero-order valence-corrected chi connectivity index (χ0v) is 17.1. The van der Waals surface area contributed by atoms with E-state index in [9.17, 15) is 18.0 Å². The number of hydrogen-bond donors (Lipinski definition) is 2. The molecule has 11 heteroatoms. The van der Waals surface area contributed by atoms with Crippen LogP contribution in [0.2, 0.25) is 5.02 Å². The minimum atomic E-state index is -4.59. The van der Waals surface area contributed by atoms with Crippen molar-refractivity contribution in [2.75, 3.05) is 16.9 Å². The molecule has 0 spiro atoms. The number of aromatic nitrogens is 2. The molecule has 158 valence electrons. The lowest BCUT2D eigenvalue weighted by molar-refractivity contribution is -0.174. The molecule has 4 rings (SSSR count). The molecule has 30 heavy (non-hydrogen) atoms. The number of nitrogens with one attached hydrogen (secondary N) is 2. The molecule has 0 radical (unpaired) electrons. The van der Waals surface area contributed by atoms with Crippen molar-refractivity contribution < 1.29 is 22.4 Å². The summed E-state index contributed by atoms with van der Waals surface area (Å²) in [5.74, 6) is -0.428. The highest BCUT2D eigenvalue weighted by Gasteiger charge is 2.48. The van der Waals surface area contributed by atoms with Crippen molar-refractivity contribution in [3.8, 4) is 0 Å². The van der Waals surface area contributed by atoms with Crippen LogP contribution in [0.15, 0.2) is 52.0 Å². The Morgan fingerprint density at radius 1 is 1.33 bits per heavy atom. The Labute approximate surface area is 178 Å². The van der Waals surface area contributed by atoms with Crippen LogP contribution in [-0.4, -0.2) is 28.1 Å². The summed E-state index contributed by atoms with van der Waals surface area (Å²) in [6, 6.07) is 7.52. The zero-order valence-electron chi connectivity index (χ0n) is 15.5. The molecule has 2 N–H and O–H groups in total. The van der Waals surface area contributed by atoms with Crippen LogP contribution >= 0.6 is 23.4 Å². The summed E-state index contributed by atoms with van der Waals surface area (Å²) in [4.78, 5) is 13.6. The van der Waals surface area contributed by atoms with Gasteiger partial charge in [-0.15, -0.1) is 11.8 Å². The summed E-state index contributed by atoms with van der Waals surface area (Å²) < 4.78 is 47.3. The van der Waals surface area contributed by atoms with Crippen molar-refractivity contribution in [2.45, 2.75) is 29.6 Å². The van der Waals surface area contributed by atoms with Crippen molar-refractivity contribution in [1.82, 2.24) is 9.78 Å². The van der Waals surface area contributed by atoms with Gasteiger partial charge in [0.2, 0.25) is 0 Å². The van der Waals surface area contributed by atoms with E-state index in [4.69, 9.17) is 16.0 Å². The number of alkyl halides is 3. The van der Waals surface area contributed by atoms with Crippen LogP contribution in [0.4, 0.5) is 24.7 Å². The van der Waals surface area contributed by atoms with Crippen molar-refractivity contribution in [2.24, 2.45) is 0 Å². The number of halogens is 4. The highest BCUT2D eigenvalue weighted by molar-refractivity contribution is 7.98. The molecule has 0 saturated carbocycles. The molecule has 6 nitrogen and oxygen atoms in total. The molecule has 1 aliphatic heterocycles. The lowest BCUT2D eigenvalue weighted by Crippen LogP contribution is -2.35. The van der Waals surface area contributed by atoms with Crippen LogP contribution in [0.3, 0.4) is 0 Å². The Morgan fingerprint density at radius 2 is 2.10 bits per heavy atom. The predicted octanol–water partition coefficient (Wildman–Crippen LogP) is 5.76. The number of amides is 1. The van der Waals surface area contributed by atoms with E-state index >= 15 is 0 Å². The minimum Gasteiger partial charge on any atom is -0.467 e. The molecular formula is C19H16ClF3N4O2S. The molecule has 0 aliphatic carbocycles. The van der Waals surface area contributed by atoms with Gasteiger partial charge in [0.25, 0.3) is 5.91 Å².